The largest absolute Gasteiger partial charge is 0.461 e. The Balaban J connectivity index is 1.78. The van der Waals surface area contributed by atoms with Crippen molar-refractivity contribution < 1.29 is 19.1 Å². The van der Waals surface area contributed by atoms with Gasteiger partial charge in [0.2, 0.25) is 0 Å². The topological polar surface area (TPSA) is 95.3 Å². The third-order valence-corrected chi connectivity index (χ3v) is 5.72. The average molecular weight is 435 g/mol. The van der Waals surface area contributed by atoms with Gasteiger partial charge in [0.15, 0.2) is 0 Å². The molecule has 1 aliphatic heterocycles. The fourth-order valence-electron chi connectivity index (χ4n) is 3.51. The zero-order valence-electron chi connectivity index (χ0n) is 17.9. The number of aromatic nitrogens is 3. The number of fused-ring (bicyclic) bond motifs is 1. The average Bonchev–Trinajstić information content (AvgIpc) is 3.35. The number of amides is 1. The predicted molar refractivity (Wildman–Crippen MR) is 114 cm³/mol. The van der Waals surface area contributed by atoms with Gasteiger partial charge in [-0.25, -0.2) is 9.17 Å². The summed E-state index contributed by atoms with van der Waals surface area (Å²) >= 11 is 1.12. The maximum atomic E-state index is 12.9. The maximum Gasteiger partial charge on any atom is 0.349 e. The quantitative estimate of drug-likeness (QED) is 0.703. The van der Waals surface area contributed by atoms with E-state index in [0.717, 1.165) is 42.1 Å². The van der Waals surface area contributed by atoms with Gasteiger partial charge in [-0.1, -0.05) is 13.8 Å². The number of aryl methyl sites for hydroxylation is 1. The molecule has 1 N–H and O–H groups in total. The van der Waals surface area contributed by atoms with E-state index < -0.39 is 0 Å². The first-order chi connectivity index (χ1) is 14.4. The normalized spacial score (nSPS) is 15.8. The Morgan fingerprint density at radius 3 is 2.90 bits per heavy atom. The van der Waals surface area contributed by atoms with Crippen LogP contribution in [0.3, 0.4) is 0 Å². The predicted octanol–water partition coefficient (Wildman–Crippen LogP) is 2.87. The maximum absolute atomic E-state index is 12.9. The van der Waals surface area contributed by atoms with Crippen molar-refractivity contribution in [1.29, 1.82) is 0 Å². The Morgan fingerprint density at radius 2 is 2.17 bits per heavy atom. The molecule has 0 atom stereocenters. The summed E-state index contributed by atoms with van der Waals surface area (Å²) in [5, 5.41) is 7.75. The van der Waals surface area contributed by atoms with Crippen molar-refractivity contribution in [2.45, 2.75) is 53.0 Å². The van der Waals surface area contributed by atoms with Gasteiger partial charge in [0.05, 0.1) is 12.3 Å². The first-order valence-electron chi connectivity index (χ1n) is 10.4. The summed E-state index contributed by atoms with van der Waals surface area (Å²) < 4.78 is 16.9. The van der Waals surface area contributed by atoms with Gasteiger partial charge in [-0.15, -0.1) is 0 Å². The van der Waals surface area contributed by atoms with Gasteiger partial charge in [0.25, 0.3) is 5.91 Å². The van der Waals surface area contributed by atoms with Crippen molar-refractivity contribution in [1.82, 2.24) is 19.5 Å². The molecule has 164 valence electrons. The molecule has 30 heavy (non-hydrogen) atoms. The van der Waals surface area contributed by atoms with Crippen LogP contribution in [0.1, 0.15) is 65.0 Å². The molecule has 2 aromatic heterocycles. The fourth-order valence-corrected chi connectivity index (χ4v) is 4.00. The second-order valence-corrected chi connectivity index (χ2v) is 9.04. The molecule has 3 heterocycles. The summed E-state index contributed by atoms with van der Waals surface area (Å²) in [5.74, 6) is -0.442. The van der Waals surface area contributed by atoms with Crippen LogP contribution >= 0.6 is 11.5 Å². The third-order valence-electron chi connectivity index (χ3n) is 4.99. The van der Waals surface area contributed by atoms with Crippen LogP contribution in [0.5, 0.6) is 0 Å². The molecule has 0 radical (unpaired) electrons. The molecule has 0 saturated carbocycles. The lowest BCUT2D eigenvalue weighted by Crippen LogP contribution is -2.28. The lowest BCUT2D eigenvalue weighted by Gasteiger charge is -2.23. The van der Waals surface area contributed by atoms with Gasteiger partial charge in [0, 0.05) is 49.9 Å². The van der Waals surface area contributed by atoms with E-state index in [0.29, 0.717) is 43.3 Å². The number of nitrogens with zero attached hydrogens (tertiary/aromatic N) is 3. The van der Waals surface area contributed by atoms with Crippen molar-refractivity contribution in [2.24, 2.45) is 5.41 Å². The Bertz CT molecular complexity index is 861. The van der Waals surface area contributed by atoms with E-state index in [1.54, 1.807) is 16.9 Å². The zero-order valence-corrected chi connectivity index (χ0v) is 18.7. The lowest BCUT2D eigenvalue weighted by molar-refractivity contribution is 0.0345. The minimum atomic E-state index is -0.361. The molecule has 8 nitrogen and oxygen atoms in total. The van der Waals surface area contributed by atoms with Gasteiger partial charge in [-0.3, -0.25) is 9.48 Å². The number of carbonyl (C=O) groups is 2. The van der Waals surface area contributed by atoms with Crippen molar-refractivity contribution in [3.05, 3.63) is 34.1 Å². The number of carbonyl (C=O) groups excluding carboxylic acids is 2. The molecule has 0 fully saturated rings. The monoisotopic (exact) mass is 434 g/mol. The van der Waals surface area contributed by atoms with Crippen LogP contribution in [0.4, 0.5) is 0 Å². The van der Waals surface area contributed by atoms with Crippen molar-refractivity contribution >= 4 is 23.4 Å². The van der Waals surface area contributed by atoms with Crippen LogP contribution in [-0.2, 0) is 28.9 Å². The Labute approximate surface area is 181 Å². The molecule has 0 saturated heterocycles. The SMILES string of the molecule is CCn1nc(CC(C)(C)COC(=O)c2ccns2)c2c1C(=O)NCCCOCCC2. The summed E-state index contributed by atoms with van der Waals surface area (Å²) in [6.45, 7) is 8.85. The van der Waals surface area contributed by atoms with Gasteiger partial charge in [0.1, 0.15) is 10.6 Å². The summed E-state index contributed by atoms with van der Waals surface area (Å²) in [7, 11) is 0. The third kappa shape index (κ3) is 5.66. The van der Waals surface area contributed by atoms with E-state index in [4.69, 9.17) is 14.6 Å². The second kappa shape index (κ2) is 10.2. The minimum absolute atomic E-state index is 0.0815. The van der Waals surface area contributed by atoms with Gasteiger partial charge in [-0.2, -0.15) is 5.10 Å². The molecular weight excluding hydrogens is 404 g/mol. The molecule has 3 rings (SSSR count). The van der Waals surface area contributed by atoms with E-state index in [-0.39, 0.29) is 23.9 Å². The van der Waals surface area contributed by atoms with Crippen molar-refractivity contribution in [3.63, 3.8) is 0 Å². The van der Waals surface area contributed by atoms with E-state index in [1.807, 2.05) is 20.8 Å². The van der Waals surface area contributed by atoms with Crippen LogP contribution in [0, 0.1) is 5.41 Å². The number of ether oxygens (including phenoxy) is 2. The number of esters is 1. The van der Waals surface area contributed by atoms with Crippen LogP contribution < -0.4 is 5.32 Å². The Morgan fingerprint density at radius 1 is 1.37 bits per heavy atom. The molecule has 1 aliphatic rings. The highest BCUT2D eigenvalue weighted by molar-refractivity contribution is 7.07. The first-order valence-corrected chi connectivity index (χ1v) is 11.2. The van der Waals surface area contributed by atoms with E-state index >= 15 is 0 Å². The standard InChI is InChI=1S/C21H30N4O4S/c1-4-25-18-15(7-5-11-28-12-6-9-22-19(18)26)16(24-25)13-21(2,3)14-29-20(27)17-8-10-23-30-17/h8,10H,4-7,9,11-14H2,1-3H3,(H,22,26). The van der Waals surface area contributed by atoms with Gasteiger partial charge in [-0.05, 0) is 43.8 Å². The Kier molecular flexibility index (Phi) is 7.60. The van der Waals surface area contributed by atoms with E-state index in [9.17, 15) is 9.59 Å². The highest BCUT2D eigenvalue weighted by Crippen LogP contribution is 2.27. The van der Waals surface area contributed by atoms with Crippen LogP contribution in [0.2, 0.25) is 0 Å². The number of hydrogen-bond donors (Lipinski definition) is 1. The molecule has 1 amide bonds. The molecular formula is C21H30N4O4S. The number of hydrogen-bond acceptors (Lipinski definition) is 7. The Hall–Kier alpha value is -2.26. The van der Waals surface area contributed by atoms with Crippen molar-refractivity contribution in [3.8, 4) is 0 Å². The zero-order chi connectivity index (χ0) is 21.6. The highest BCUT2D eigenvalue weighted by atomic mass is 32.1. The summed E-state index contributed by atoms with van der Waals surface area (Å²) in [6.07, 6.45) is 4.56. The van der Waals surface area contributed by atoms with Crippen LogP contribution in [-0.4, -0.2) is 52.4 Å². The molecule has 2 aromatic rings. The van der Waals surface area contributed by atoms with Crippen LogP contribution in [0.15, 0.2) is 12.3 Å². The molecule has 0 aliphatic carbocycles. The molecule has 0 unspecified atom stereocenters. The summed E-state index contributed by atoms with van der Waals surface area (Å²) in [6, 6.07) is 1.65. The molecule has 9 heteroatoms. The van der Waals surface area contributed by atoms with Gasteiger partial charge >= 0.3 is 5.97 Å². The number of rotatable bonds is 6. The molecule has 0 aromatic carbocycles. The molecule has 0 spiro atoms. The minimum Gasteiger partial charge on any atom is -0.461 e. The second-order valence-electron chi connectivity index (χ2n) is 8.21. The fraction of sp³-hybridized carbons (Fsp3) is 0.619. The van der Waals surface area contributed by atoms with Gasteiger partial charge < -0.3 is 14.8 Å². The van der Waals surface area contributed by atoms with E-state index in [1.165, 1.54) is 0 Å². The smallest absolute Gasteiger partial charge is 0.349 e. The van der Waals surface area contributed by atoms with Crippen LogP contribution in [0.25, 0.3) is 0 Å². The highest BCUT2D eigenvalue weighted by Gasteiger charge is 2.29. The molecule has 0 bridgehead atoms. The summed E-state index contributed by atoms with van der Waals surface area (Å²) in [5.41, 5.74) is 2.17. The number of nitrogens with one attached hydrogen (secondary N) is 1. The lowest BCUT2D eigenvalue weighted by atomic mass is 9.86. The summed E-state index contributed by atoms with van der Waals surface area (Å²) in [4.78, 5) is 25.5. The van der Waals surface area contributed by atoms with E-state index in [2.05, 4.69) is 9.69 Å². The van der Waals surface area contributed by atoms with Crippen molar-refractivity contribution in [2.75, 3.05) is 26.4 Å². The first kappa shape index (κ1) is 22.4.